The van der Waals surface area contributed by atoms with Crippen LogP contribution in [0.5, 0.6) is 0 Å². The minimum absolute atomic E-state index is 0.0166. The second kappa shape index (κ2) is 10.5. The monoisotopic (exact) mass is 420 g/mol. The van der Waals surface area contributed by atoms with Crippen molar-refractivity contribution in [2.45, 2.75) is 19.9 Å². The third-order valence-corrected chi connectivity index (χ3v) is 5.01. The number of nitrogens with one attached hydrogen (secondary N) is 2. The summed E-state index contributed by atoms with van der Waals surface area (Å²) in [6, 6.07) is 22.4. The van der Waals surface area contributed by atoms with E-state index in [2.05, 4.69) is 24.5 Å². The molecular weight excluding hydrogens is 393 g/mol. The zero-order chi connectivity index (χ0) is 22.2. The highest BCUT2D eigenvalue weighted by Crippen LogP contribution is 2.19. The SMILES string of the molecule is CC(C)[C@H]([NH2+]CC(=O)Nc1ccccc1C(=O)Nc1ccccc1)c1ccc(F)cc1. The molecule has 4 N–H and O–H groups in total. The third kappa shape index (κ3) is 6.23. The number of quaternary nitrogens is 1. The molecule has 6 heteroatoms. The molecule has 0 radical (unpaired) electrons. The van der Waals surface area contributed by atoms with Crippen molar-refractivity contribution < 1.29 is 19.3 Å². The molecule has 1 atom stereocenters. The highest BCUT2D eigenvalue weighted by Gasteiger charge is 2.21. The number of anilines is 2. The van der Waals surface area contributed by atoms with Crippen LogP contribution in [0.15, 0.2) is 78.9 Å². The van der Waals surface area contributed by atoms with E-state index < -0.39 is 0 Å². The molecule has 0 spiro atoms. The van der Waals surface area contributed by atoms with E-state index >= 15 is 0 Å². The van der Waals surface area contributed by atoms with Gasteiger partial charge in [0.1, 0.15) is 11.9 Å². The van der Waals surface area contributed by atoms with Gasteiger partial charge in [-0.3, -0.25) is 9.59 Å². The van der Waals surface area contributed by atoms with Crippen molar-refractivity contribution in [3.8, 4) is 0 Å². The fraction of sp³-hybridized carbons (Fsp3) is 0.200. The Labute approximate surface area is 181 Å². The minimum atomic E-state index is -0.294. The number of hydrogen-bond donors (Lipinski definition) is 3. The zero-order valence-electron chi connectivity index (χ0n) is 17.6. The molecular formula is C25H27FN3O2+. The molecule has 3 aromatic carbocycles. The van der Waals surface area contributed by atoms with Gasteiger partial charge < -0.3 is 16.0 Å². The summed E-state index contributed by atoms with van der Waals surface area (Å²) in [5.41, 5.74) is 2.49. The first-order valence-electron chi connectivity index (χ1n) is 10.3. The van der Waals surface area contributed by atoms with E-state index in [-0.39, 0.29) is 36.1 Å². The Morgan fingerprint density at radius 2 is 1.52 bits per heavy atom. The smallest absolute Gasteiger partial charge is 0.279 e. The van der Waals surface area contributed by atoms with Crippen LogP contribution in [0.4, 0.5) is 15.8 Å². The molecule has 31 heavy (non-hydrogen) atoms. The highest BCUT2D eigenvalue weighted by molar-refractivity contribution is 6.10. The van der Waals surface area contributed by atoms with Gasteiger partial charge in [-0.2, -0.15) is 0 Å². The Morgan fingerprint density at radius 1 is 0.871 bits per heavy atom. The van der Waals surface area contributed by atoms with Crippen molar-refractivity contribution in [2.24, 2.45) is 5.92 Å². The maximum atomic E-state index is 13.2. The van der Waals surface area contributed by atoms with E-state index in [1.807, 2.05) is 23.5 Å². The molecule has 5 nitrogen and oxygen atoms in total. The van der Waals surface area contributed by atoms with Gasteiger partial charge in [-0.25, -0.2) is 4.39 Å². The number of para-hydroxylation sites is 2. The van der Waals surface area contributed by atoms with E-state index in [9.17, 15) is 14.0 Å². The number of carbonyl (C=O) groups is 2. The molecule has 0 bridgehead atoms. The maximum absolute atomic E-state index is 13.2. The first-order valence-corrected chi connectivity index (χ1v) is 10.3. The second-order valence-corrected chi connectivity index (χ2v) is 7.68. The lowest BCUT2D eigenvalue weighted by Gasteiger charge is -2.19. The predicted octanol–water partition coefficient (Wildman–Crippen LogP) is 3.98. The van der Waals surface area contributed by atoms with Crippen LogP contribution < -0.4 is 16.0 Å². The second-order valence-electron chi connectivity index (χ2n) is 7.68. The summed E-state index contributed by atoms with van der Waals surface area (Å²) in [6.45, 7) is 4.30. The summed E-state index contributed by atoms with van der Waals surface area (Å²) >= 11 is 0. The Balaban J connectivity index is 1.65. The van der Waals surface area contributed by atoms with E-state index in [0.29, 0.717) is 16.9 Å². The van der Waals surface area contributed by atoms with Gasteiger partial charge in [0.2, 0.25) is 0 Å². The first kappa shape index (κ1) is 22.2. The van der Waals surface area contributed by atoms with E-state index in [1.165, 1.54) is 12.1 Å². The summed E-state index contributed by atoms with van der Waals surface area (Å²) in [5, 5.41) is 7.61. The van der Waals surface area contributed by atoms with Gasteiger partial charge in [-0.05, 0) is 36.4 Å². The quantitative estimate of drug-likeness (QED) is 0.516. The number of amides is 2. The minimum Gasteiger partial charge on any atom is -0.332 e. The molecule has 0 aromatic heterocycles. The summed E-state index contributed by atoms with van der Waals surface area (Å²) in [5.74, 6) is -0.540. The number of hydrogen-bond acceptors (Lipinski definition) is 2. The Kier molecular flexibility index (Phi) is 7.51. The lowest BCUT2D eigenvalue weighted by Crippen LogP contribution is -2.88. The van der Waals surface area contributed by atoms with Crippen LogP contribution in [0.1, 0.15) is 35.8 Å². The molecule has 0 unspecified atom stereocenters. The van der Waals surface area contributed by atoms with Crippen molar-refractivity contribution in [2.75, 3.05) is 17.2 Å². The van der Waals surface area contributed by atoms with Crippen LogP contribution in [-0.4, -0.2) is 18.4 Å². The van der Waals surface area contributed by atoms with Crippen LogP contribution in [0.25, 0.3) is 0 Å². The standard InChI is InChI=1S/C25H26FN3O2/c1-17(2)24(18-12-14-19(26)15-13-18)27-16-23(30)29-22-11-7-6-10-21(22)25(31)28-20-8-4-3-5-9-20/h3-15,17,24,27H,16H2,1-2H3,(H,28,31)(H,29,30)/p+1/t24-/m0/s1. The van der Waals surface area contributed by atoms with E-state index in [4.69, 9.17) is 0 Å². The molecule has 0 heterocycles. The number of carbonyl (C=O) groups excluding carboxylic acids is 2. The number of nitrogens with two attached hydrogens (primary N) is 1. The van der Waals surface area contributed by atoms with Crippen LogP contribution >= 0.6 is 0 Å². The van der Waals surface area contributed by atoms with Crippen LogP contribution in [0.2, 0.25) is 0 Å². The van der Waals surface area contributed by atoms with Crippen LogP contribution in [-0.2, 0) is 4.79 Å². The van der Waals surface area contributed by atoms with Crippen molar-refractivity contribution in [3.63, 3.8) is 0 Å². The first-order chi connectivity index (χ1) is 14.9. The van der Waals surface area contributed by atoms with E-state index in [0.717, 1.165) is 5.56 Å². The normalized spacial score (nSPS) is 11.7. The fourth-order valence-corrected chi connectivity index (χ4v) is 3.42. The topological polar surface area (TPSA) is 74.8 Å². The molecule has 0 aliphatic rings. The number of benzene rings is 3. The van der Waals surface area contributed by atoms with Gasteiger partial charge in [0.05, 0.1) is 11.3 Å². The largest absolute Gasteiger partial charge is 0.332 e. The lowest BCUT2D eigenvalue weighted by molar-refractivity contribution is -0.692. The van der Waals surface area contributed by atoms with Gasteiger partial charge in [0, 0.05) is 17.2 Å². The van der Waals surface area contributed by atoms with Gasteiger partial charge >= 0.3 is 0 Å². The molecule has 0 fully saturated rings. The summed E-state index contributed by atoms with van der Waals surface area (Å²) < 4.78 is 13.2. The average Bonchev–Trinajstić information content (AvgIpc) is 2.76. The fourth-order valence-electron chi connectivity index (χ4n) is 3.42. The number of halogens is 1. The Hall–Kier alpha value is -3.51. The average molecular weight is 421 g/mol. The molecule has 0 aliphatic carbocycles. The van der Waals surface area contributed by atoms with Crippen molar-refractivity contribution in [1.82, 2.24) is 0 Å². The van der Waals surface area contributed by atoms with Crippen LogP contribution in [0, 0.1) is 11.7 Å². The molecule has 2 amide bonds. The van der Waals surface area contributed by atoms with Crippen molar-refractivity contribution in [3.05, 3.63) is 95.8 Å². The molecule has 0 saturated carbocycles. The van der Waals surface area contributed by atoms with Gasteiger partial charge in [0.15, 0.2) is 6.54 Å². The van der Waals surface area contributed by atoms with Crippen molar-refractivity contribution >= 4 is 23.2 Å². The molecule has 0 saturated heterocycles. The molecule has 0 aliphatic heterocycles. The number of rotatable bonds is 8. The third-order valence-electron chi connectivity index (χ3n) is 5.01. The summed E-state index contributed by atoms with van der Waals surface area (Å²) in [6.07, 6.45) is 0. The maximum Gasteiger partial charge on any atom is 0.279 e. The van der Waals surface area contributed by atoms with E-state index in [1.54, 1.807) is 48.5 Å². The highest BCUT2D eigenvalue weighted by atomic mass is 19.1. The Bertz CT molecular complexity index is 1020. The summed E-state index contributed by atoms with van der Waals surface area (Å²) in [7, 11) is 0. The zero-order valence-corrected chi connectivity index (χ0v) is 17.6. The van der Waals surface area contributed by atoms with Gasteiger partial charge in [-0.1, -0.05) is 56.3 Å². The predicted molar refractivity (Wildman–Crippen MR) is 120 cm³/mol. The van der Waals surface area contributed by atoms with Crippen LogP contribution in [0.3, 0.4) is 0 Å². The van der Waals surface area contributed by atoms with Gasteiger partial charge in [0.25, 0.3) is 11.8 Å². The lowest BCUT2D eigenvalue weighted by atomic mass is 9.96. The van der Waals surface area contributed by atoms with Crippen molar-refractivity contribution in [1.29, 1.82) is 0 Å². The molecule has 3 rings (SSSR count). The summed E-state index contributed by atoms with van der Waals surface area (Å²) in [4.78, 5) is 25.3. The Morgan fingerprint density at radius 3 is 2.19 bits per heavy atom. The molecule has 3 aromatic rings. The molecule has 160 valence electrons. The van der Waals surface area contributed by atoms with Gasteiger partial charge in [-0.15, -0.1) is 0 Å².